The molecule has 0 aromatic rings. The van der Waals surface area contributed by atoms with Crippen molar-refractivity contribution in [1.29, 1.82) is 0 Å². The van der Waals surface area contributed by atoms with Crippen molar-refractivity contribution in [2.45, 2.75) is 129 Å². The Morgan fingerprint density at radius 3 is 1.15 bits per heavy atom. The SMILES string of the molecule is CO[Si]1(C(C)(C)C)[Si](C(C)(C)C)[Si](C(C)C)(C(C)C)[Si]1(C(C)C)C(C)C. The third kappa shape index (κ3) is 2.66. The maximum Gasteiger partial charge on any atom is 0.167 e. The third-order valence-corrected chi connectivity index (χ3v) is 94.4. The van der Waals surface area contributed by atoms with Crippen LogP contribution in [0.15, 0.2) is 0 Å². The van der Waals surface area contributed by atoms with Crippen molar-refractivity contribution in [3.05, 3.63) is 0 Å². The molecule has 1 saturated heterocycles. The van der Waals surface area contributed by atoms with Crippen LogP contribution in [0.3, 0.4) is 0 Å². The van der Waals surface area contributed by atoms with E-state index in [4.69, 9.17) is 4.43 Å². The summed E-state index contributed by atoms with van der Waals surface area (Å²) in [6, 6.07) is 0. The van der Waals surface area contributed by atoms with Gasteiger partial charge >= 0.3 is 0 Å². The van der Waals surface area contributed by atoms with Gasteiger partial charge in [-0.3, -0.25) is 0 Å². The minimum atomic E-state index is -1.85. The van der Waals surface area contributed by atoms with Gasteiger partial charge in [0.05, 0.1) is 14.9 Å². The van der Waals surface area contributed by atoms with E-state index in [1.807, 2.05) is 0 Å². The lowest BCUT2D eigenvalue weighted by Gasteiger charge is -2.82. The molecular weight excluding hydrogens is 381 g/mol. The second-order valence-corrected chi connectivity index (χ2v) is 48.9. The van der Waals surface area contributed by atoms with Gasteiger partial charge in [0.15, 0.2) is 7.35 Å². The van der Waals surface area contributed by atoms with Gasteiger partial charge in [-0.2, -0.15) is 0 Å². The van der Waals surface area contributed by atoms with Gasteiger partial charge in [0.2, 0.25) is 0 Å². The molecule has 1 heterocycles. The summed E-state index contributed by atoms with van der Waals surface area (Å²) in [5.41, 5.74) is 3.48. The molecule has 0 spiro atoms. The summed E-state index contributed by atoms with van der Waals surface area (Å²) in [6.45, 7) is 36.3. The van der Waals surface area contributed by atoms with Crippen LogP contribution in [0.5, 0.6) is 0 Å². The highest BCUT2D eigenvalue weighted by atomic mass is 30.2. The fourth-order valence-corrected chi connectivity index (χ4v) is 146. The first-order chi connectivity index (χ1) is 11.5. The second kappa shape index (κ2) is 7.26. The molecule has 0 aromatic carbocycles. The largest absolute Gasteiger partial charge is 0.426 e. The zero-order chi connectivity index (χ0) is 21.1. The fraction of sp³-hybridized carbons (Fsp3) is 1.00. The summed E-state index contributed by atoms with van der Waals surface area (Å²) in [5.74, 6) is 0. The van der Waals surface area contributed by atoms with Gasteiger partial charge in [-0.15, -0.1) is 0 Å². The molecule has 5 heteroatoms. The van der Waals surface area contributed by atoms with Crippen molar-refractivity contribution < 1.29 is 4.43 Å². The van der Waals surface area contributed by atoms with Gasteiger partial charge in [0, 0.05) is 14.2 Å². The molecule has 0 N–H and O–H groups in total. The van der Waals surface area contributed by atoms with Gasteiger partial charge in [0.1, 0.15) is 0 Å². The Balaban J connectivity index is 4.18. The van der Waals surface area contributed by atoms with Gasteiger partial charge < -0.3 is 4.43 Å². The van der Waals surface area contributed by atoms with Crippen LogP contribution in [-0.2, 0) is 4.43 Å². The maximum absolute atomic E-state index is 7.05. The molecule has 1 unspecified atom stereocenters. The average Bonchev–Trinajstić information content (AvgIpc) is 2.33. The Morgan fingerprint density at radius 1 is 0.654 bits per heavy atom. The quantitative estimate of drug-likeness (QED) is 0.410. The lowest BCUT2D eigenvalue weighted by Crippen LogP contribution is -3.07. The van der Waals surface area contributed by atoms with Crippen LogP contribution in [0.25, 0.3) is 0 Å². The summed E-state index contributed by atoms with van der Waals surface area (Å²) < 4.78 is 7.05. The highest BCUT2D eigenvalue weighted by Crippen LogP contribution is 2.72. The van der Waals surface area contributed by atoms with Gasteiger partial charge in [-0.25, -0.2) is 0 Å². The van der Waals surface area contributed by atoms with E-state index >= 15 is 0 Å². The molecule has 1 rings (SSSR count). The number of rotatable bonds is 5. The van der Waals surface area contributed by atoms with Crippen molar-refractivity contribution in [2.24, 2.45) is 0 Å². The molecule has 0 bridgehead atoms. The van der Waals surface area contributed by atoms with Crippen LogP contribution in [0.4, 0.5) is 0 Å². The van der Waals surface area contributed by atoms with E-state index in [9.17, 15) is 0 Å². The summed E-state index contributed by atoms with van der Waals surface area (Å²) in [4.78, 5) is 0. The van der Waals surface area contributed by atoms with Crippen molar-refractivity contribution in [3.63, 3.8) is 0 Å². The van der Waals surface area contributed by atoms with Crippen molar-refractivity contribution in [3.8, 4) is 0 Å². The molecule has 1 atom stereocenters. The van der Waals surface area contributed by atoms with E-state index in [-0.39, 0.29) is 0 Å². The lowest BCUT2D eigenvalue weighted by molar-refractivity contribution is 0.390. The van der Waals surface area contributed by atoms with E-state index < -0.39 is 29.4 Å². The molecule has 1 aliphatic rings. The summed E-state index contributed by atoms with van der Waals surface area (Å²) in [5, 5.41) is 0.797. The molecule has 1 nitrogen and oxygen atoms in total. The zero-order valence-corrected chi connectivity index (χ0v) is 24.7. The van der Waals surface area contributed by atoms with Crippen LogP contribution in [0.2, 0.25) is 32.2 Å². The Hall–Kier alpha value is 0.828. The van der Waals surface area contributed by atoms with Crippen LogP contribution in [0, 0.1) is 0 Å². The average molecular weight is 430 g/mol. The number of hydrogen-bond donors (Lipinski definition) is 0. The molecule has 0 saturated carbocycles. The Bertz CT molecular complexity index is 475. The fourth-order valence-electron chi connectivity index (χ4n) is 8.29. The van der Waals surface area contributed by atoms with Crippen LogP contribution < -0.4 is 0 Å². The highest BCUT2D eigenvalue weighted by molar-refractivity contribution is 8.10. The Morgan fingerprint density at radius 2 is 1.00 bits per heavy atom. The minimum absolute atomic E-state index is 0.352. The second-order valence-electron chi connectivity index (χ2n) is 12.1. The van der Waals surface area contributed by atoms with Crippen LogP contribution in [-0.4, -0.2) is 36.5 Å². The van der Waals surface area contributed by atoms with Crippen molar-refractivity contribution in [2.75, 3.05) is 7.11 Å². The normalized spacial score (nSPS) is 26.9. The van der Waals surface area contributed by atoms with E-state index in [0.29, 0.717) is 10.1 Å². The van der Waals surface area contributed by atoms with E-state index in [1.54, 1.807) is 0 Å². The number of hydrogen-bond acceptors (Lipinski definition) is 1. The van der Waals surface area contributed by atoms with E-state index in [1.165, 1.54) is 0 Å². The predicted molar refractivity (Wildman–Crippen MR) is 130 cm³/mol. The first kappa shape index (κ1) is 24.9. The molecule has 1 radical (unpaired) electrons. The molecule has 0 aliphatic carbocycles. The smallest absolute Gasteiger partial charge is 0.167 e. The molecule has 0 amide bonds. The van der Waals surface area contributed by atoms with E-state index in [0.717, 1.165) is 22.2 Å². The molecule has 26 heavy (non-hydrogen) atoms. The highest BCUT2D eigenvalue weighted by Gasteiger charge is 2.90. The third-order valence-electron chi connectivity index (χ3n) is 7.79. The summed E-state index contributed by atoms with van der Waals surface area (Å²) in [7, 11) is -3.30. The van der Waals surface area contributed by atoms with Gasteiger partial charge in [-0.05, 0) is 10.1 Å². The molecule has 1 fully saturated rings. The first-order valence-corrected chi connectivity index (χ1v) is 22.6. The Kier molecular flexibility index (Phi) is 6.94. The predicted octanol–water partition coefficient (Wildman–Crippen LogP) is 7.54. The van der Waals surface area contributed by atoms with Crippen molar-refractivity contribution in [1.82, 2.24) is 0 Å². The zero-order valence-electron chi connectivity index (χ0n) is 20.7. The van der Waals surface area contributed by atoms with Gasteiger partial charge in [0.25, 0.3) is 0 Å². The summed E-state index contributed by atoms with van der Waals surface area (Å²) in [6.07, 6.45) is 0. The van der Waals surface area contributed by atoms with Gasteiger partial charge in [-0.1, -0.05) is 119 Å². The molecular formula is C21H49OSi4. The minimum Gasteiger partial charge on any atom is -0.426 e. The molecule has 0 aromatic heterocycles. The monoisotopic (exact) mass is 429 g/mol. The van der Waals surface area contributed by atoms with Crippen LogP contribution >= 0.6 is 0 Å². The van der Waals surface area contributed by atoms with Crippen molar-refractivity contribution >= 4 is 29.4 Å². The lowest BCUT2D eigenvalue weighted by atomic mass is 10.2. The molecule has 155 valence electrons. The van der Waals surface area contributed by atoms with Crippen LogP contribution in [0.1, 0.15) is 96.9 Å². The Labute approximate surface area is 170 Å². The standard InChI is InChI=1S/C21H49OSi4/c1-16(2)24(17(3)4)23(20(9,10)11)26(22-15,21(12,13)14)25(24,18(5)6)19(7)8/h16-19H,1-15H3. The van der Waals surface area contributed by atoms with E-state index in [2.05, 4.69) is 104 Å². The maximum atomic E-state index is 7.05. The molecule has 1 aliphatic heterocycles. The summed E-state index contributed by atoms with van der Waals surface area (Å²) >= 11 is 0. The first-order valence-electron chi connectivity index (χ1n) is 10.9. The topological polar surface area (TPSA) is 9.23 Å².